The number of nitrogens with zero attached hydrogens (tertiary/aromatic N) is 2. The van der Waals surface area contributed by atoms with Crippen LogP contribution in [0.4, 0.5) is 0 Å². The van der Waals surface area contributed by atoms with Crippen molar-refractivity contribution >= 4 is 5.52 Å². The number of hydrogen-bond donors (Lipinski definition) is 3. The summed E-state index contributed by atoms with van der Waals surface area (Å²) < 4.78 is 12.7. The molecule has 0 spiro atoms. The lowest BCUT2D eigenvalue weighted by Gasteiger charge is -2.22. The van der Waals surface area contributed by atoms with Gasteiger partial charge in [-0.25, -0.2) is 4.52 Å². The van der Waals surface area contributed by atoms with Gasteiger partial charge in [0.2, 0.25) is 0 Å². The molecule has 0 saturated heterocycles. The van der Waals surface area contributed by atoms with Gasteiger partial charge < -0.3 is 19.6 Å². The van der Waals surface area contributed by atoms with Crippen LogP contribution >= 0.6 is 0 Å². The van der Waals surface area contributed by atoms with Gasteiger partial charge in [0.05, 0.1) is 0 Å². The van der Waals surface area contributed by atoms with E-state index in [9.17, 15) is 9.90 Å². The van der Waals surface area contributed by atoms with Crippen LogP contribution in [0.25, 0.3) is 16.9 Å². The first-order valence-electron chi connectivity index (χ1n) is 10.9. The number of nitrogens with one attached hydrogen (secondary N) is 2. The van der Waals surface area contributed by atoms with Crippen LogP contribution in [0.15, 0.2) is 53.5 Å². The molecule has 170 valence electrons. The summed E-state index contributed by atoms with van der Waals surface area (Å²) in [5, 5.41) is 18.5. The fraction of sp³-hybridized carbons (Fsp3) is 0.280. The van der Waals surface area contributed by atoms with E-state index in [1.807, 2.05) is 57.2 Å². The van der Waals surface area contributed by atoms with Gasteiger partial charge >= 0.3 is 0 Å². The molecular weight excluding hydrogens is 420 g/mol. The van der Waals surface area contributed by atoms with Crippen LogP contribution in [-0.2, 0) is 0 Å². The summed E-state index contributed by atoms with van der Waals surface area (Å²) >= 11 is 0. The number of H-pyrrole nitrogens is 1. The quantitative estimate of drug-likeness (QED) is 0.406. The Bertz CT molecular complexity index is 1390. The number of fused-ring (bicyclic) bond motifs is 2. The monoisotopic (exact) mass is 446 g/mol. The topological polar surface area (TPSA) is 101 Å². The molecule has 0 aliphatic carbocycles. The minimum Gasteiger partial charge on any atom is -0.486 e. The molecule has 0 amide bonds. The number of ether oxygens (including phenoxy) is 2. The fourth-order valence-corrected chi connectivity index (χ4v) is 3.96. The second kappa shape index (κ2) is 8.38. The average molecular weight is 447 g/mol. The summed E-state index contributed by atoms with van der Waals surface area (Å²) in [4.78, 5) is 15.5. The van der Waals surface area contributed by atoms with Crippen molar-refractivity contribution < 1.29 is 14.6 Å². The van der Waals surface area contributed by atoms with Crippen LogP contribution in [-0.4, -0.2) is 32.9 Å². The van der Waals surface area contributed by atoms with Crippen molar-refractivity contribution in [2.24, 2.45) is 0 Å². The minimum absolute atomic E-state index is 0.170. The Labute approximate surface area is 190 Å². The molecule has 2 unspecified atom stereocenters. The summed E-state index contributed by atoms with van der Waals surface area (Å²) in [6.45, 7) is 7.07. The molecule has 0 bridgehead atoms. The average Bonchev–Trinajstić information content (AvgIpc) is 3.25. The van der Waals surface area contributed by atoms with Gasteiger partial charge in [-0.2, -0.15) is 0 Å². The van der Waals surface area contributed by atoms with Crippen LogP contribution < -0.4 is 20.3 Å². The SMILES string of the molecule is Cc1ccc(-c2nn3cc(C(O)NC(C)c4ccc5c(c4)OCCO5)cc3c(=O)[nH]2)cc1C. The molecule has 8 nitrogen and oxygen atoms in total. The van der Waals surface area contributed by atoms with Gasteiger partial charge in [-0.3, -0.25) is 10.1 Å². The molecule has 4 aromatic rings. The lowest BCUT2D eigenvalue weighted by Crippen LogP contribution is -2.24. The highest BCUT2D eigenvalue weighted by molar-refractivity contribution is 5.59. The van der Waals surface area contributed by atoms with Crippen molar-refractivity contribution in [1.82, 2.24) is 19.9 Å². The lowest BCUT2D eigenvalue weighted by atomic mass is 10.1. The zero-order valence-electron chi connectivity index (χ0n) is 18.8. The molecule has 3 heterocycles. The number of rotatable bonds is 5. The highest BCUT2D eigenvalue weighted by atomic mass is 16.6. The van der Waals surface area contributed by atoms with Crippen LogP contribution in [0.3, 0.4) is 0 Å². The summed E-state index contributed by atoms with van der Waals surface area (Å²) in [6.07, 6.45) is 0.683. The molecule has 0 radical (unpaired) electrons. The predicted octanol–water partition coefficient (Wildman–Crippen LogP) is 3.42. The summed E-state index contributed by atoms with van der Waals surface area (Å²) in [5.74, 6) is 1.90. The Hall–Kier alpha value is -3.62. The molecule has 2 aromatic heterocycles. The third-order valence-electron chi connectivity index (χ3n) is 6.06. The maximum absolute atomic E-state index is 12.7. The normalized spacial score (nSPS) is 14.9. The van der Waals surface area contributed by atoms with Gasteiger partial charge in [0.25, 0.3) is 5.56 Å². The van der Waals surface area contributed by atoms with Crippen molar-refractivity contribution in [2.45, 2.75) is 33.0 Å². The number of hydrogen-bond acceptors (Lipinski definition) is 6. The van der Waals surface area contributed by atoms with Gasteiger partial charge in [0, 0.05) is 23.4 Å². The van der Waals surface area contributed by atoms with E-state index in [4.69, 9.17) is 9.47 Å². The molecule has 5 rings (SSSR count). The Morgan fingerprint density at radius 1 is 1.03 bits per heavy atom. The molecule has 1 aliphatic heterocycles. The third kappa shape index (κ3) is 4.10. The van der Waals surface area contributed by atoms with E-state index in [1.165, 1.54) is 10.1 Å². The van der Waals surface area contributed by atoms with Crippen molar-refractivity contribution in [1.29, 1.82) is 0 Å². The molecule has 2 aromatic carbocycles. The number of benzene rings is 2. The predicted molar refractivity (Wildman–Crippen MR) is 125 cm³/mol. The van der Waals surface area contributed by atoms with Crippen LogP contribution in [0, 0.1) is 13.8 Å². The smallest absolute Gasteiger partial charge is 0.275 e. The van der Waals surface area contributed by atoms with Crippen molar-refractivity contribution in [3.05, 3.63) is 81.3 Å². The zero-order chi connectivity index (χ0) is 23.1. The lowest BCUT2D eigenvalue weighted by molar-refractivity contribution is 0.126. The van der Waals surface area contributed by atoms with E-state index in [1.54, 1.807) is 12.3 Å². The van der Waals surface area contributed by atoms with E-state index >= 15 is 0 Å². The van der Waals surface area contributed by atoms with E-state index in [0.717, 1.165) is 22.4 Å². The number of aliphatic hydroxyl groups excluding tert-OH is 1. The molecule has 33 heavy (non-hydrogen) atoms. The number of aromatic amines is 1. The Morgan fingerprint density at radius 2 is 1.82 bits per heavy atom. The number of aliphatic hydroxyl groups is 1. The van der Waals surface area contributed by atoms with Crippen molar-refractivity contribution in [3.8, 4) is 22.9 Å². The Balaban J connectivity index is 1.39. The molecule has 0 saturated carbocycles. The van der Waals surface area contributed by atoms with Crippen molar-refractivity contribution in [2.75, 3.05) is 13.2 Å². The van der Waals surface area contributed by atoms with Crippen LogP contribution in [0.2, 0.25) is 0 Å². The molecule has 3 N–H and O–H groups in total. The van der Waals surface area contributed by atoms with E-state index in [-0.39, 0.29) is 11.6 Å². The maximum atomic E-state index is 12.7. The number of aryl methyl sites for hydroxylation is 2. The van der Waals surface area contributed by atoms with Gasteiger partial charge in [-0.1, -0.05) is 18.2 Å². The molecule has 0 fully saturated rings. The molecular formula is C25H26N4O4. The van der Waals surface area contributed by atoms with E-state index in [2.05, 4.69) is 15.4 Å². The fourth-order valence-electron chi connectivity index (χ4n) is 3.96. The Kier molecular flexibility index (Phi) is 5.39. The molecule has 1 aliphatic rings. The third-order valence-corrected chi connectivity index (χ3v) is 6.06. The van der Waals surface area contributed by atoms with Crippen LogP contribution in [0.5, 0.6) is 11.5 Å². The number of aromatic nitrogens is 3. The minimum atomic E-state index is -0.987. The van der Waals surface area contributed by atoms with E-state index in [0.29, 0.717) is 35.9 Å². The summed E-state index contributed by atoms with van der Waals surface area (Å²) in [7, 11) is 0. The summed E-state index contributed by atoms with van der Waals surface area (Å²) in [5.41, 5.74) is 4.73. The highest BCUT2D eigenvalue weighted by Crippen LogP contribution is 2.33. The molecule has 2 atom stereocenters. The highest BCUT2D eigenvalue weighted by Gasteiger charge is 2.19. The van der Waals surface area contributed by atoms with Crippen LogP contribution in [0.1, 0.15) is 41.4 Å². The first-order valence-corrected chi connectivity index (χ1v) is 10.9. The maximum Gasteiger partial charge on any atom is 0.275 e. The second-order valence-corrected chi connectivity index (χ2v) is 8.40. The first-order chi connectivity index (χ1) is 15.9. The van der Waals surface area contributed by atoms with Gasteiger partial charge in [-0.15, -0.1) is 5.10 Å². The Morgan fingerprint density at radius 3 is 2.61 bits per heavy atom. The summed E-state index contributed by atoms with van der Waals surface area (Å²) in [6, 6.07) is 13.1. The second-order valence-electron chi connectivity index (χ2n) is 8.40. The molecule has 8 heteroatoms. The first kappa shape index (κ1) is 21.2. The zero-order valence-corrected chi connectivity index (χ0v) is 18.8. The van der Waals surface area contributed by atoms with Gasteiger partial charge in [0.1, 0.15) is 25.0 Å². The van der Waals surface area contributed by atoms with Gasteiger partial charge in [-0.05, 0) is 61.7 Å². The standard InChI is InChI=1S/C25H26N4O4/c1-14-4-5-18(10-15(14)2)23-27-25(31)20-11-19(13-29(20)28-23)24(30)26-16(3)17-6-7-21-22(12-17)33-9-8-32-21/h4-7,10-13,16,24,26,30H,8-9H2,1-3H3,(H,27,28,31). The van der Waals surface area contributed by atoms with Gasteiger partial charge in [0.15, 0.2) is 17.3 Å². The van der Waals surface area contributed by atoms with Crippen molar-refractivity contribution in [3.63, 3.8) is 0 Å². The van der Waals surface area contributed by atoms with E-state index < -0.39 is 6.23 Å². The largest absolute Gasteiger partial charge is 0.486 e.